The maximum atomic E-state index is 11.7. The molecule has 2 aliphatic rings. The fourth-order valence-corrected chi connectivity index (χ4v) is 4.37. The molecule has 0 unspecified atom stereocenters. The Morgan fingerprint density at radius 2 is 1.83 bits per heavy atom. The molecule has 0 saturated carbocycles. The lowest BCUT2D eigenvalue weighted by atomic mass is 10.1. The summed E-state index contributed by atoms with van der Waals surface area (Å²) in [5.74, 6) is 1.53. The first kappa shape index (κ1) is 19.5. The fraction of sp³-hybridized carbons (Fsp3) is 0.368. The van der Waals surface area contributed by atoms with Crippen molar-refractivity contribution < 1.29 is 27.7 Å². The van der Waals surface area contributed by atoms with Gasteiger partial charge in [0, 0.05) is 17.9 Å². The first-order valence-electron chi connectivity index (χ1n) is 9.27. The van der Waals surface area contributed by atoms with Gasteiger partial charge in [-0.2, -0.15) is 0 Å². The highest BCUT2D eigenvalue weighted by atomic mass is 32.2. The first-order chi connectivity index (χ1) is 13.8. The van der Waals surface area contributed by atoms with Gasteiger partial charge in [-0.25, -0.2) is 8.42 Å². The van der Waals surface area contributed by atoms with Crippen molar-refractivity contribution in [3.05, 3.63) is 52.1 Å². The summed E-state index contributed by atoms with van der Waals surface area (Å²) in [6, 6.07) is 10.1. The van der Waals surface area contributed by atoms with Crippen molar-refractivity contribution in [2.24, 2.45) is 0 Å². The Bertz CT molecular complexity index is 1050. The van der Waals surface area contributed by atoms with Gasteiger partial charge in [0.15, 0.2) is 21.3 Å². The summed E-state index contributed by atoms with van der Waals surface area (Å²) in [6.07, 6.45) is 1.05. The van der Waals surface area contributed by atoms with E-state index in [1.54, 1.807) is 0 Å². The summed E-state index contributed by atoms with van der Waals surface area (Å²) < 4.78 is 34.2. The number of rotatable bonds is 5. The maximum Gasteiger partial charge on any atom is 0.293 e. The Kier molecular flexibility index (Phi) is 5.05. The second-order valence-electron chi connectivity index (χ2n) is 7.28. The third-order valence-electron chi connectivity index (χ3n) is 5.27. The topological polar surface area (TPSA) is 103 Å². The molecule has 0 radical (unpaired) electrons. The fourth-order valence-electron chi connectivity index (χ4n) is 3.73. The van der Waals surface area contributed by atoms with Crippen molar-refractivity contribution in [2.75, 3.05) is 44.1 Å². The number of piperazine rings is 1. The normalized spacial score (nSPS) is 16.8. The van der Waals surface area contributed by atoms with Crippen LogP contribution in [0.25, 0.3) is 0 Å². The molecular formula is C19H22N3O6S+. The van der Waals surface area contributed by atoms with E-state index in [-0.39, 0.29) is 17.4 Å². The maximum absolute atomic E-state index is 11.7. The molecule has 1 N–H and O–H groups in total. The van der Waals surface area contributed by atoms with Crippen LogP contribution in [0.1, 0.15) is 5.56 Å². The Hall–Kier alpha value is -2.85. The van der Waals surface area contributed by atoms with Gasteiger partial charge in [-0.05, 0) is 30.3 Å². The van der Waals surface area contributed by atoms with E-state index in [1.165, 1.54) is 17.0 Å². The third-order valence-corrected chi connectivity index (χ3v) is 6.38. The van der Waals surface area contributed by atoms with Gasteiger partial charge in [0.25, 0.3) is 5.69 Å². The number of fused-ring (bicyclic) bond motifs is 1. The van der Waals surface area contributed by atoms with Gasteiger partial charge in [0.1, 0.15) is 12.2 Å². The molecule has 2 aliphatic heterocycles. The molecule has 0 spiro atoms. The lowest BCUT2D eigenvalue weighted by molar-refractivity contribution is -0.914. The predicted octanol–water partition coefficient (Wildman–Crippen LogP) is 0.632. The predicted molar refractivity (Wildman–Crippen MR) is 105 cm³/mol. The van der Waals surface area contributed by atoms with Crippen molar-refractivity contribution in [1.82, 2.24) is 0 Å². The minimum atomic E-state index is -3.50. The van der Waals surface area contributed by atoms with Gasteiger partial charge in [-0.15, -0.1) is 0 Å². The number of sulfone groups is 1. The zero-order valence-corrected chi connectivity index (χ0v) is 16.8. The van der Waals surface area contributed by atoms with E-state index in [0.29, 0.717) is 18.8 Å². The van der Waals surface area contributed by atoms with E-state index in [1.807, 2.05) is 23.1 Å². The van der Waals surface area contributed by atoms with Crippen LogP contribution in [-0.2, 0) is 16.4 Å². The number of nitrogens with zero attached hydrogens (tertiary/aromatic N) is 2. The van der Waals surface area contributed by atoms with Crippen LogP contribution in [0, 0.1) is 10.1 Å². The van der Waals surface area contributed by atoms with Crippen LogP contribution < -0.4 is 19.3 Å². The molecule has 9 nitrogen and oxygen atoms in total. The molecule has 0 atom stereocenters. The highest BCUT2D eigenvalue weighted by Gasteiger charge is 2.27. The molecule has 154 valence electrons. The molecule has 2 aromatic rings. The number of benzene rings is 2. The number of hydrogen-bond acceptors (Lipinski definition) is 7. The van der Waals surface area contributed by atoms with E-state index in [4.69, 9.17) is 9.47 Å². The van der Waals surface area contributed by atoms with E-state index >= 15 is 0 Å². The smallest absolute Gasteiger partial charge is 0.293 e. The Morgan fingerprint density at radius 3 is 2.52 bits per heavy atom. The summed E-state index contributed by atoms with van der Waals surface area (Å²) in [5, 5.41) is 11.5. The molecule has 1 saturated heterocycles. The molecule has 2 heterocycles. The molecule has 4 rings (SSSR count). The molecule has 10 heteroatoms. The lowest BCUT2D eigenvalue weighted by Gasteiger charge is -2.33. The minimum Gasteiger partial charge on any atom is -0.454 e. The highest BCUT2D eigenvalue weighted by molar-refractivity contribution is 7.90. The van der Waals surface area contributed by atoms with Crippen molar-refractivity contribution in [3.63, 3.8) is 0 Å². The van der Waals surface area contributed by atoms with Crippen molar-refractivity contribution in [2.45, 2.75) is 11.4 Å². The summed E-state index contributed by atoms with van der Waals surface area (Å²) >= 11 is 0. The molecule has 1 fully saturated rings. The zero-order chi connectivity index (χ0) is 20.6. The number of anilines is 1. The van der Waals surface area contributed by atoms with E-state index in [0.717, 1.165) is 49.0 Å². The number of quaternary nitrogens is 1. The monoisotopic (exact) mass is 420 g/mol. The van der Waals surface area contributed by atoms with Crippen molar-refractivity contribution >= 4 is 21.2 Å². The number of nitrogens with one attached hydrogen (secondary N) is 1. The van der Waals surface area contributed by atoms with Crippen LogP contribution in [0.5, 0.6) is 11.5 Å². The standard InChI is InChI=1S/C19H21N3O6S/c1-29(25,26)15-3-4-16(17(11-15)22(23)24)21-8-6-20(7-9-21)12-14-2-5-18-19(10-14)28-13-27-18/h2-5,10-11H,6-9,12-13H2,1H3/p+1. The molecule has 29 heavy (non-hydrogen) atoms. The Labute approximate surface area is 168 Å². The molecule has 0 bridgehead atoms. The van der Waals surface area contributed by atoms with Crippen LogP contribution in [0.2, 0.25) is 0 Å². The van der Waals surface area contributed by atoms with Gasteiger partial charge in [0.05, 0.1) is 36.0 Å². The Morgan fingerprint density at radius 1 is 1.10 bits per heavy atom. The number of nitro groups is 1. The number of hydrogen-bond donors (Lipinski definition) is 1. The summed E-state index contributed by atoms with van der Waals surface area (Å²) in [4.78, 5) is 14.3. The van der Waals surface area contributed by atoms with Crippen LogP contribution in [0.3, 0.4) is 0 Å². The molecule has 0 amide bonds. The Balaban J connectivity index is 1.45. The second kappa shape index (κ2) is 7.53. The average molecular weight is 420 g/mol. The quantitative estimate of drug-likeness (QED) is 0.559. The SMILES string of the molecule is CS(=O)(=O)c1ccc(N2CC[NH+](Cc3ccc4c(c3)OCO4)CC2)c([N+](=O)[O-])c1. The van der Waals surface area contributed by atoms with Gasteiger partial charge in [0.2, 0.25) is 6.79 Å². The van der Waals surface area contributed by atoms with Gasteiger partial charge >= 0.3 is 0 Å². The van der Waals surface area contributed by atoms with Gasteiger partial charge in [-0.3, -0.25) is 10.1 Å². The molecule has 0 aliphatic carbocycles. The van der Waals surface area contributed by atoms with E-state index < -0.39 is 14.8 Å². The zero-order valence-electron chi connectivity index (χ0n) is 16.0. The van der Waals surface area contributed by atoms with Crippen LogP contribution in [-0.4, -0.2) is 52.6 Å². The summed E-state index contributed by atoms with van der Waals surface area (Å²) in [7, 11) is -3.50. The summed E-state index contributed by atoms with van der Waals surface area (Å²) in [6.45, 7) is 4.03. The van der Waals surface area contributed by atoms with E-state index in [9.17, 15) is 18.5 Å². The minimum absolute atomic E-state index is 0.0416. The van der Waals surface area contributed by atoms with E-state index in [2.05, 4.69) is 0 Å². The third kappa shape index (κ3) is 4.13. The summed E-state index contributed by atoms with van der Waals surface area (Å²) in [5.41, 5.74) is 1.44. The first-order valence-corrected chi connectivity index (χ1v) is 11.2. The number of ether oxygens (including phenoxy) is 2. The highest BCUT2D eigenvalue weighted by Crippen LogP contribution is 2.33. The largest absolute Gasteiger partial charge is 0.454 e. The lowest BCUT2D eigenvalue weighted by Crippen LogP contribution is -3.13. The molecular weight excluding hydrogens is 398 g/mol. The second-order valence-corrected chi connectivity index (χ2v) is 9.30. The van der Waals surface area contributed by atoms with Gasteiger partial charge in [-0.1, -0.05) is 0 Å². The van der Waals surface area contributed by atoms with Crippen LogP contribution >= 0.6 is 0 Å². The molecule has 0 aromatic heterocycles. The van der Waals surface area contributed by atoms with Crippen molar-refractivity contribution in [3.8, 4) is 11.5 Å². The molecule has 2 aromatic carbocycles. The number of nitro benzene ring substituents is 1. The van der Waals surface area contributed by atoms with Gasteiger partial charge < -0.3 is 19.3 Å². The van der Waals surface area contributed by atoms with Crippen LogP contribution in [0.15, 0.2) is 41.3 Å². The van der Waals surface area contributed by atoms with Crippen molar-refractivity contribution in [1.29, 1.82) is 0 Å². The van der Waals surface area contributed by atoms with Crippen LogP contribution in [0.4, 0.5) is 11.4 Å². The average Bonchev–Trinajstić information content (AvgIpc) is 3.15.